The van der Waals surface area contributed by atoms with Crippen LogP contribution >= 0.6 is 41.2 Å². The molecule has 210 valence electrons. The summed E-state index contributed by atoms with van der Waals surface area (Å²) >= 11 is 7.28. The summed E-state index contributed by atoms with van der Waals surface area (Å²) in [5.74, 6) is -1.33. The van der Waals surface area contributed by atoms with Gasteiger partial charge in [-0.25, -0.2) is 9.07 Å². The zero-order chi connectivity index (χ0) is 28.8. The number of amidine groups is 1. The second-order valence-electron chi connectivity index (χ2n) is 8.74. The van der Waals surface area contributed by atoms with Gasteiger partial charge in [0.2, 0.25) is 0 Å². The van der Waals surface area contributed by atoms with Gasteiger partial charge in [0.05, 0.1) is 28.2 Å². The first-order chi connectivity index (χ1) is 18.9. The van der Waals surface area contributed by atoms with Crippen LogP contribution in [-0.4, -0.2) is 43.2 Å². The van der Waals surface area contributed by atoms with Gasteiger partial charge in [0.1, 0.15) is 17.1 Å². The summed E-state index contributed by atoms with van der Waals surface area (Å²) in [6.07, 6.45) is 1.19. The third-order valence-electron chi connectivity index (χ3n) is 5.82. The maximum atomic E-state index is 13.9. The van der Waals surface area contributed by atoms with Gasteiger partial charge in [0.15, 0.2) is 11.6 Å². The molecular weight excluding hydrogens is 604 g/mol. The van der Waals surface area contributed by atoms with Gasteiger partial charge in [-0.15, -0.1) is 10.8 Å². The van der Waals surface area contributed by atoms with E-state index in [4.69, 9.17) is 16.1 Å². The second-order valence-corrected chi connectivity index (χ2v) is 13.9. The summed E-state index contributed by atoms with van der Waals surface area (Å²) in [6.45, 7) is -0.118. The van der Waals surface area contributed by atoms with E-state index < -0.39 is 35.4 Å². The Morgan fingerprint density at radius 3 is 2.67 bits per heavy atom. The van der Waals surface area contributed by atoms with Gasteiger partial charge in [-0.3, -0.25) is 23.2 Å². The molecule has 16 heteroatoms. The minimum atomic E-state index is -4.01. The molecule has 5 rings (SSSR count). The van der Waals surface area contributed by atoms with Crippen LogP contribution in [0.4, 0.5) is 15.8 Å². The summed E-state index contributed by atoms with van der Waals surface area (Å²) in [4.78, 5) is 13.7. The van der Waals surface area contributed by atoms with Crippen molar-refractivity contribution in [2.75, 3.05) is 23.4 Å². The van der Waals surface area contributed by atoms with E-state index in [1.165, 1.54) is 61.1 Å². The molecule has 0 bridgehead atoms. The summed E-state index contributed by atoms with van der Waals surface area (Å²) in [6, 6.07) is 10.1. The molecule has 1 unspecified atom stereocenters. The Morgan fingerprint density at radius 2 is 2.02 bits per heavy atom. The third kappa shape index (κ3) is 5.52. The molecule has 2 aromatic heterocycles. The number of hydrogen-bond donors (Lipinski definition) is 5. The number of aromatic nitrogens is 2. The van der Waals surface area contributed by atoms with Gasteiger partial charge in [-0.05, 0) is 47.3 Å². The Bertz CT molecular complexity index is 1760. The van der Waals surface area contributed by atoms with E-state index in [2.05, 4.69) is 19.9 Å². The van der Waals surface area contributed by atoms with Crippen molar-refractivity contribution in [2.45, 2.75) is 6.54 Å². The molecular formula is C24H22ClFN5O6PS2. The van der Waals surface area contributed by atoms with Crippen LogP contribution in [0.2, 0.25) is 5.02 Å². The monoisotopic (exact) mass is 625 g/mol. The van der Waals surface area contributed by atoms with Crippen molar-refractivity contribution in [3.63, 3.8) is 0 Å². The Labute approximate surface area is 237 Å². The average molecular weight is 626 g/mol. The fourth-order valence-electron chi connectivity index (χ4n) is 4.04. The van der Waals surface area contributed by atoms with E-state index in [1.54, 1.807) is 16.8 Å². The standard InChI is InChI=1S/C24H22ClFN5O6PS2/c1-37-38(34)19-10-15(30-40(2,35)36)4-6-18(19)27-23(29-38)20-22(32)21(14-7-8-39-12-14)28-31(24(20)33)11-13-3-5-17(26)16(25)9-13/h3-10,12,30,32,35-36H,11H2,1-2H3,(H,27,29,34). The van der Waals surface area contributed by atoms with Crippen LogP contribution in [0, 0.1) is 5.82 Å². The molecule has 0 fully saturated rings. The number of nitrogens with zero attached hydrogens (tertiary/aromatic N) is 3. The lowest BCUT2D eigenvalue weighted by atomic mass is 10.1. The molecule has 0 saturated heterocycles. The van der Waals surface area contributed by atoms with Crippen LogP contribution in [0.5, 0.6) is 5.75 Å². The largest absolute Gasteiger partial charge is 0.505 e. The molecule has 11 nitrogen and oxygen atoms in total. The summed E-state index contributed by atoms with van der Waals surface area (Å²) in [7, 11) is -5.95. The fourth-order valence-corrected chi connectivity index (χ4v) is 6.99. The van der Waals surface area contributed by atoms with Crippen molar-refractivity contribution < 1.29 is 27.7 Å². The number of nitrogens with one attached hydrogen (secondary N) is 2. The van der Waals surface area contributed by atoms with E-state index >= 15 is 0 Å². The van der Waals surface area contributed by atoms with Crippen molar-refractivity contribution in [3.8, 4) is 17.0 Å². The van der Waals surface area contributed by atoms with Crippen molar-refractivity contribution >= 4 is 63.7 Å². The molecule has 1 aliphatic heterocycles. The first kappa shape index (κ1) is 28.3. The quantitative estimate of drug-likeness (QED) is 0.166. The molecule has 0 radical (unpaired) electrons. The first-order valence-electron chi connectivity index (χ1n) is 11.4. The first-order valence-corrected chi connectivity index (χ1v) is 16.2. The Kier molecular flexibility index (Phi) is 7.52. The van der Waals surface area contributed by atoms with E-state index in [0.717, 1.165) is 4.68 Å². The predicted octanol–water partition coefficient (Wildman–Crippen LogP) is 5.56. The Balaban J connectivity index is 1.67. The topological polar surface area (TPSA) is 158 Å². The van der Waals surface area contributed by atoms with Crippen LogP contribution in [0.25, 0.3) is 11.3 Å². The van der Waals surface area contributed by atoms with Crippen LogP contribution in [-0.2, 0) is 15.6 Å². The Morgan fingerprint density at radius 1 is 1.25 bits per heavy atom. The van der Waals surface area contributed by atoms with Gasteiger partial charge >= 0.3 is 7.52 Å². The molecule has 0 saturated carbocycles. The van der Waals surface area contributed by atoms with Crippen molar-refractivity contribution in [3.05, 3.63) is 85.5 Å². The predicted molar refractivity (Wildman–Crippen MR) is 157 cm³/mol. The maximum Gasteiger partial charge on any atom is 0.348 e. The van der Waals surface area contributed by atoms with Crippen LogP contribution < -0.4 is 20.9 Å². The SMILES string of the molecule is COP1(=O)N=C(c2c(O)c(-c3ccsc3)nn(Cc3ccc(F)c(Cl)c3)c2=O)Nc2ccc(NS(C)(O)O)cc21. The lowest BCUT2D eigenvalue weighted by Gasteiger charge is -2.30. The highest BCUT2D eigenvalue weighted by Crippen LogP contribution is 2.52. The normalized spacial score (nSPS) is 17.1. The number of fused-ring (bicyclic) bond motifs is 1. The van der Waals surface area contributed by atoms with E-state index in [0.29, 0.717) is 11.1 Å². The number of rotatable bonds is 7. The van der Waals surface area contributed by atoms with E-state index in [9.17, 15) is 28.0 Å². The molecule has 5 N–H and O–H groups in total. The highest BCUT2D eigenvalue weighted by molar-refractivity contribution is 8.24. The minimum absolute atomic E-state index is 0.0688. The van der Waals surface area contributed by atoms with Crippen LogP contribution in [0.15, 0.2) is 62.8 Å². The molecule has 4 aromatic rings. The number of aromatic hydroxyl groups is 1. The van der Waals surface area contributed by atoms with Gasteiger partial charge in [-0.2, -0.15) is 21.2 Å². The molecule has 40 heavy (non-hydrogen) atoms. The van der Waals surface area contributed by atoms with Gasteiger partial charge < -0.3 is 14.9 Å². The van der Waals surface area contributed by atoms with Gasteiger partial charge in [0, 0.05) is 24.3 Å². The van der Waals surface area contributed by atoms with Crippen molar-refractivity contribution in [1.29, 1.82) is 0 Å². The third-order valence-corrected chi connectivity index (χ3v) is 9.36. The molecule has 3 heterocycles. The van der Waals surface area contributed by atoms with Crippen molar-refractivity contribution in [2.24, 2.45) is 4.76 Å². The van der Waals surface area contributed by atoms with E-state index in [-0.39, 0.29) is 45.3 Å². The summed E-state index contributed by atoms with van der Waals surface area (Å²) in [5.41, 5.74) is 0.505. The summed E-state index contributed by atoms with van der Waals surface area (Å²) < 4.78 is 60.2. The number of thiophene rings is 1. The fraction of sp³-hybridized carbons (Fsp3) is 0.125. The zero-order valence-electron chi connectivity index (χ0n) is 20.8. The van der Waals surface area contributed by atoms with Crippen LogP contribution in [0.1, 0.15) is 11.1 Å². The highest BCUT2D eigenvalue weighted by Gasteiger charge is 2.36. The average Bonchev–Trinajstić information content (AvgIpc) is 3.42. The Hall–Kier alpha value is -3.23. The summed E-state index contributed by atoms with van der Waals surface area (Å²) in [5, 5.41) is 22.0. The molecule has 2 aromatic carbocycles. The van der Waals surface area contributed by atoms with Gasteiger partial charge in [0.25, 0.3) is 5.56 Å². The highest BCUT2D eigenvalue weighted by atomic mass is 35.5. The lowest BCUT2D eigenvalue weighted by molar-refractivity contribution is 0.404. The van der Waals surface area contributed by atoms with E-state index in [1.807, 2.05) is 0 Å². The molecule has 0 amide bonds. The number of benzene rings is 2. The second kappa shape index (κ2) is 10.6. The number of halogens is 2. The zero-order valence-corrected chi connectivity index (χ0v) is 24.1. The minimum Gasteiger partial charge on any atom is -0.505 e. The van der Waals surface area contributed by atoms with Crippen molar-refractivity contribution in [1.82, 2.24) is 9.78 Å². The van der Waals surface area contributed by atoms with Crippen LogP contribution in [0.3, 0.4) is 0 Å². The maximum absolute atomic E-state index is 13.9. The molecule has 0 spiro atoms. The molecule has 1 aliphatic rings. The molecule has 0 aliphatic carbocycles. The smallest absolute Gasteiger partial charge is 0.348 e. The lowest BCUT2D eigenvalue weighted by Crippen LogP contribution is -2.35. The number of anilines is 2. The molecule has 1 atom stereocenters. The van der Waals surface area contributed by atoms with Gasteiger partial charge in [-0.1, -0.05) is 17.7 Å². The number of hydrogen-bond acceptors (Lipinski definition) is 10.